The smallest absolute Gasteiger partial charge is 0.319 e. The summed E-state index contributed by atoms with van der Waals surface area (Å²) in [6, 6.07) is 4.63. The average Bonchev–Trinajstić information content (AvgIpc) is 3.25. The molecule has 1 aromatic rings. The standard InChI is InChI=1S/C26H39NO8SSi/c1-14(2)37(15(3)4,16(5)6)35-25(29)19-20-21-22(34-26(8,9)33-21)23(32-20)24(28)27(19)36(30,31)18-12-10-17(7)11-13-18/h10-16,19-23H,1-9H3/t19-,20+,21+,22+,23+/m0/s1. The Hall–Kier alpha value is -1.79. The third kappa shape index (κ3) is 4.46. The van der Waals surface area contributed by atoms with Crippen LogP contribution in [-0.2, 0) is 38.2 Å². The summed E-state index contributed by atoms with van der Waals surface area (Å²) >= 11 is 0. The highest BCUT2D eigenvalue weighted by Gasteiger charge is 2.68. The van der Waals surface area contributed by atoms with E-state index in [1.165, 1.54) is 12.1 Å². The molecule has 0 aromatic heterocycles. The van der Waals surface area contributed by atoms with Crippen molar-refractivity contribution in [3.05, 3.63) is 29.8 Å². The lowest BCUT2D eigenvalue weighted by molar-refractivity contribution is -0.208. The van der Waals surface area contributed by atoms with Gasteiger partial charge < -0.3 is 18.6 Å². The molecule has 1 aromatic carbocycles. The molecule has 3 aliphatic heterocycles. The largest absolute Gasteiger partial charge is 0.517 e. The Morgan fingerprint density at radius 3 is 1.97 bits per heavy atom. The molecule has 0 N–H and O–H groups in total. The minimum Gasteiger partial charge on any atom is -0.517 e. The predicted molar refractivity (Wildman–Crippen MR) is 139 cm³/mol. The maximum Gasteiger partial charge on any atom is 0.319 e. The summed E-state index contributed by atoms with van der Waals surface area (Å²) in [4.78, 5) is 27.8. The van der Waals surface area contributed by atoms with Gasteiger partial charge in [-0.05, 0) is 49.5 Å². The summed E-state index contributed by atoms with van der Waals surface area (Å²) in [5, 5.41) is 0. The van der Waals surface area contributed by atoms with Crippen molar-refractivity contribution < 1.29 is 36.6 Å². The molecule has 1 amide bonds. The van der Waals surface area contributed by atoms with E-state index in [0.29, 0.717) is 4.31 Å². The monoisotopic (exact) mass is 553 g/mol. The topological polar surface area (TPSA) is 108 Å². The molecule has 3 aliphatic rings. The molecule has 5 atom stereocenters. The normalized spacial score (nSPS) is 29.4. The van der Waals surface area contributed by atoms with Gasteiger partial charge in [-0.15, -0.1) is 0 Å². The first-order valence-corrected chi connectivity index (χ1v) is 16.5. The van der Waals surface area contributed by atoms with Gasteiger partial charge >= 0.3 is 5.97 Å². The van der Waals surface area contributed by atoms with E-state index in [0.717, 1.165) is 5.56 Å². The molecule has 9 nitrogen and oxygen atoms in total. The molecule has 206 valence electrons. The van der Waals surface area contributed by atoms with Gasteiger partial charge in [0.2, 0.25) is 0 Å². The highest BCUT2D eigenvalue weighted by molar-refractivity contribution is 7.89. The number of fused-ring (bicyclic) bond motifs is 5. The van der Waals surface area contributed by atoms with E-state index in [9.17, 15) is 18.0 Å². The third-order valence-electron chi connectivity index (χ3n) is 7.92. The van der Waals surface area contributed by atoms with Crippen LogP contribution in [0.25, 0.3) is 0 Å². The van der Waals surface area contributed by atoms with Gasteiger partial charge in [0.25, 0.3) is 24.2 Å². The minimum atomic E-state index is -4.42. The number of hydrogen-bond donors (Lipinski definition) is 0. The molecule has 0 unspecified atom stereocenters. The van der Waals surface area contributed by atoms with Crippen molar-refractivity contribution >= 4 is 30.2 Å². The second-order valence-electron chi connectivity index (χ2n) is 11.7. The van der Waals surface area contributed by atoms with E-state index in [1.54, 1.807) is 26.0 Å². The van der Waals surface area contributed by atoms with E-state index in [-0.39, 0.29) is 21.5 Å². The Morgan fingerprint density at radius 2 is 1.46 bits per heavy atom. The number of rotatable bonds is 7. The number of amides is 1. The summed E-state index contributed by atoms with van der Waals surface area (Å²) in [5.41, 5.74) is 1.05. The Bertz CT molecular complexity index is 1140. The van der Waals surface area contributed by atoms with Crippen LogP contribution in [0.3, 0.4) is 0 Å². The zero-order chi connectivity index (χ0) is 27.7. The second kappa shape index (κ2) is 9.44. The van der Waals surface area contributed by atoms with E-state index < -0.39 is 66.5 Å². The Balaban J connectivity index is 1.83. The molecule has 3 heterocycles. The van der Waals surface area contributed by atoms with Gasteiger partial charge in [0, 0.05) is 0 Å². The van der Waals surface area contributed by atoms with E-state index in [1.807, 2.05) is 48.5 Å². The van der Waals surface area contributed by atoms with Crippen molar-refractivity contribution in [2.24, 2.45) is 0 Å². The first-order valence-electron chi connectivity index (χ1n) is 12.9. The van der Waals surface area contributed by atoms with Gasteiger partial charge in [-0.1, -0.05) is 59.2 Å². The number of carbonyl (C=O) groups is 2. The first kappa shape index (κ1) is 28.2. The molecule has 3 saturated heterocycles. The van der Waals surface area contributed by atoms with Crippen LogP contribution in [-0.4, -0.2) is 69.2 Å². The van der Waals surface area contributed by atoms with Gasteiger partial charge in [-0.25, -0.2) is 12.7 Å². The molecule has 0 spiro atoms. The summed E-state index contributed by atoms with van der Waals surface area (Å²) in [7, 11) is -7.19. The van der Waals surface area contributed by atoms with Crippen molar-refractivity contribution in [1.82, 2.24) is 4.31 Å². The van der Waals surface area contributed by atoms with E-state index >= 15 is 0 Å². The van der Waals surface area contributed by atoms with Gasteiger partial charge in [-0.2, -0.15) is 0 Å². The summed E-state index contributed by atoms with van der Waals surface area (Å²) in [6.45, 7) is 17.4. The third-order valence-corrected chi connectivity index (χ3v) is 15.7. The number of benzene rings is 1. The second-order valence-corrected chi connectivity index (χ2v) is 18.9. The molecule has 3 fully saturated rings. The van der Waals surface area contributed by atoms with Gasteiger partial charge in [0.15, 0.2) is 17.9 Å². The SMILES string of the molecule is Cc1ccc(S(=O)(=O)N2C(=O)[C@@H]3O[C@@H]([C@H]4OC(C)(C)O[C@H]43)[C@H]2C(=O)O[Si](C(C)C)(C(C)C)C(C)C)cc1. The van der Waals surface area contributed by atoms with E-state index in [2.05, 4.69) is 0 Å². The first-order chi connectivity index (χ1) is 17.0. The summed E-state index contributed by atoms with van der Waals surface area (Å²) in [5.74, 6) is -2.63. The molecule has 2 bridgehead atoms. The van der Waals surface area contributed by atoms with Crippen LogP contribution >= 0.6 is 0 Å². The molecule has 0 radical (unpaired) electrons. The van der Waals surface area contributed by atoms with Crippen LogP contribution in [0, 0.1) is 6.92 Å². The van der Waals surface area contributed by atoms with E-state index in [4.69, 9.17) is 18.6 Å². The Labute approximate surface area is 221 Å². The van der Waals surface area contributed by atoms with Gasteiger partial charge in [0.05, 0.1) is 4.90 Å². The van der Waals surface area contributed by atoms with Crippen LogP contribution in [0.2, 0.25) is 16.6 Å². The molecule has 37 heavy (non-hydrogen) atoms. The number of hydrogen-bond acceptors (Lipinski definition) is 8. The van der Waals surface area contributed by atoms with Crippen molar-refractivity contribution in [3.8, 4) is 0 Å². The molecule has 0 saturated carbocycles. The lowest BCUT2D eigenvalue weighted by Gasteiger charge is -2.44. The zero-order valence-electron chi connectivity index (χ0n) is 23.0. The average molecular weight is 554 g/mol. The minimum absolute atomic E-state index is 0.0629. The zero-order valence-corrected chi connectivity index (χ0v) is 24.9. The quantitative estimate of drug-likeness (QED) is 0.468. The Morgan fingerprint density at radius 1 is 0.946 bits per heavy atom. The Kier molecular flexibility index (Phi) is 7.20. The van der Waals surface area contributed by atoms with Crippen LogP contribution in [0.5, 0.6) is 0 Å². The highest BCUT2D eigenvalue weighted by Crippen LogP contribution is 2.47. The lowest BCUT2D eigenvalue weighted by atomic mass is 10.1. The van der Waals surface area contributed by atoms with Gasteiger partial charge in [0.1, 0.15) is 18.3 Å². The maximum absolute atomic E-state index is 14.1. The van der Waals surface area contributed by atoms with Crippen LogP contribution in [0.15, 0.2) is 29.2 Å². The fourth-order valence-electron chi connectivity index (χ4n) is 6.39. The summed E-state index contributed by atoms with van der Waals surface area (Å²) in [6.07, 6.45) is -3.89. The number of sulfonamides is 1. The fourth-order valence-corrected chi connectivity index (χ4v) is 13.1. The number of ether oxygens (including phenoxy) is 3. The lowest BCUT2D eigenvalue weighted by Crippen LogP contribution is -2.64. The summed E-state index contributed by atoms with van der Waals surface area (Å²) < 4.78 is 52.9. The highest BCUT2D eigenvalue weighted by atomic mass is 32.2. The molecular weight excluding hydrogens is 514 g/mol. The molecule has 0 aliphatic carbocycles. The molecule has 4 rings (SSSR count). The molecule has 11 heteroatoms. The predicted octanol–water partition coefficient (Wildman–Crippen LogP) is 3.90. The van der Waals surface area contributed by atoms with Crippen LogP contribution in [0.4, 0.5) is 0 Å². The molecular formula is C26H39NO8SSi. The maximum atomic E-state index is 14.1. The number of nitrogens with zero attached hydrogens (tertiary/aromatic N) is 1. The van der Waals surface area contributed by atoms with Crippen molar-refractivity contribution in [3.63, 3.8) is 0 Å². The number of aryl methyl sites for hydroxylation is 1. The van der Waals surface area contributed by atoms with Crippen molar-refractivity contribution in [2.45, 2.75) is 120 Å². The number of morpholine rings is 1. The van der Waals surface area contributed by atoms with Crippen molar-refractivity contribution in [1.29, 1.82) is 0 Å². The van der Waals surface area contributed by atoms with Crippen LogP contribution < -0.4 is 0 Å². The van der Waals surface area contributed by atoms with Gasteiger partial charge in [-0.3, -0.25) is 9.59 Å². The fraction of sp³-hybridized carbons (Fsp3) is 0.692. The van der Waals surface area contributed by atoms with Crippen LogP contribution in [0.1, 0.15) is 61.0 Å². The number of carbonyl (C=O) groups excluding carboxylic acids is 2. The van der Waals surface area contributed by atoms with Crippen molar-refractivity contribution in [2.75, 3.05) is 0 Å².